The van der Waals surface area contributed by atoms with Gasteiger partial charge < -0.3 is 5.73 Å². The number of hydrogen-bond donors (Lipinski definition) is 1. The topological polar surface area (TPSA) is 26.0 Å². The van der Waals surface area contributed by atoms with Crippen molar-refractivity contribution >= 4 is 15.9 Å². The predicted octanol–water partition coefficient (Wildman–Crippen LogP) is 3.53. The highest BCUT2D eigenvalue weighted by molar-refractivity contribution is 9.10. The van der Waals surface area contributed by atoms with E-state index in [1.165, 1.54) is 12.8 Å². The van der Waals surface area contributed by atoms with Gasteiger partial charge in [0.15, 0.2) is 11.6 Å². The molecule has 1 aromatic carbocycles. The Balaban J connectivity index is 2.22. The van der Waals surface area contributed by atoms with E-state index in [0.29, 0.717) is 11.5 Å². The normalized spacial score (nSPS) is 17.9. The van der Waals surface area contributed by atoms with Crippen molar-refractivity contribution in [2.45, 2.75) is 25.3 Å². The van der Waals surface area contributed by atoms with Crippen molar-refractivity contribution in [3.05, 3.63) is 33.8 Å². The summed E-state index contributed by atoms with van der Waals surface area (Å²) in [7, 11) is 0. The van der Waals surface area contributed by atoms with Crippen LogP contribution in [0.1, 0.15) is 30.9 Å². The molecule has 0 aromatic heterocycles. The van der Waals surface area contributed by atoms with E-state index in [-0.39, 0.29) is 10.5 Å². The largest absolute Gasteiger partial charge is 0.324 e. The fraction of sp³-hybridized carbons (Fsp3) is 0.455. The molecule has 1 saturated carbocycles. The molecule has 1 fully saturated rings. The summed E-state index contributed by atoms with van der Waals surface area (Å²) in [6.45, 7) is 0. The molecule has 0 spiro atoms. The van der Waals surface area contributed by atoms with Gasteiger partial charge in [-0.1, -0.05) is 18.9 Å². The number of halogens is 3. The first-order valence-corrected chi connectivity index (χ1v) is 5.78. The standard InChI is InChI=1S/C11H12BrF2N/c12-10-7(3-4-8(13)11(10)14)9(15)5-6-1-2-6/h3-4,6,9H,1-2,5,15H2. The van der Waals surface area contributed by atoms with E-state index in [2.05, 4.69) is 15.9 Å². The number of rotatable bonds is 3. The first kappa shape index (κ1) is 11.0. The van der Waals surface area contributed by atoms with Gasteiger partial charge in [-0.2, -0.15) is 0 Å². The molecule has 0 radical (unpaired) electrons. The average Bonchev–Trinajstić information content (AvgIpc) is 2.98. The van der Waals surface area contributed by atoms with E-state index >= 15 is 0 Å². The maximum absolute atomic E-state index is 13.2. The predicted molar refractivity (Wildman–Crippen MR) is 58.3 cm³/mol. The zero-order valence-corrected chi connectivity index (χ0v) is 9.73. The third-order valence-corrected chi connectivity index (χ3v) is 3.55. The summed E-state index contributed by atoms with van der Waals surface area (Å²) < 4.78 is 26.2. The van der Waals surface area contributed by atoms with Crippen molar-refractivity contribution in [1.82, 2.24) is 0 Å². The van der Waals surface area contributed by atoms with Crippen LogP contribution < -0.4 is 5.73 Å². The second kappa shape index (κ2) is 4.18. The summed E-state index contributed by atoms with van der Waals surface area (Å²) in [6, 6.07) is 2.47. The van der Waals surface area contributed by atoms with Crippen LogP contribution in [0.4, 0.5) is 8.78 Å². The van der Waals surface area contributed by atoms with Crippen molar-refractivity contribution in [2.24, 2.45) is 11.7 Å². The van der Waals surface area contributed by atoms with Gasteiger partial charge in [-0.3, -0.25) is 0 Å². The summed E-state index contributed by atoms with van der Waals surface area (Å²) in [6.07, 6.45) is 3.26. The van der Waals surface area contributed by atoms with Crippen LogP contribution in [0, 0.1) is 17.6 Å². The van der Waals surface area contributed by atoms with Crippen LogP contribution in [0.3, 0.4) is 0 Å². The monoisotopic (exact) mass is 275 g/mol. The van der Waals surface area contributed by atoms with Gasteiger partial charge in [0.2, 0.25) is 0 Å². The Hall–Kier alpha value is -0.480. The Morgan fingerprint density at radius 3 is 2.67 bits per heavy atom. The van der Waals surface area contributed by atoms with E-state index in [4.69, 9.17) is 5.73 Å². The van der Waals surface area contributed by atoms with Crippen molar-refractivity contribution in [3.63, 3.8) is 0 Å². The van der Waals surface area contributed by atoms with E-state index in [9.17, 15) is 8.78 Å². The van der Waals surface area contributed by atoms with Crippen LogP contribution in [0.5, 0.6) is 0 Å². The number of nitrogens with two attached hydrogens (primary N) is 1. The highest BCUT2D eigenvalue weighted by atomic mass is 79.9. The minimum atomic E-state index is -0.848. The van der Waals surface area contributed by atoms with Gasteiger partial charge >= 0.3 is 0 Å². The van der Waals surface area contributed by atoms with Crippen LogP contribution in [0.25, 0.3) is 0 Å². The SMILES string of the molecule is NC(CC1CC1)c1ccc(F)c(F)c1Br. The lowest BCUT2D eigenvalue weighted by molar-refractivity contribution is 0.497. The number of hydrogen-bond acceptors (Lipinski definition) is 1. The molecule has 2 N–H and O–H groups in total. The molecule has 1 aromatic rings. The minimum Gasteiger partial charge on any atom is -0.324 e. The molecule has 4 heteroatoms. The lowest BCUT2D eigenvalue weighted by Crippen LogP contribution is -2.12. The zero-order chi connectivity index (χ0) is 11.0. The smallest absolute Gasteiger partial charge is 0.173 e. The van der Waals surface area contributed by atoms with E-state index in [1.807, 2.05) is 0 Å². The van der Waals surface area contributed by atoms with Gasteiger partial charge in [0.1, 0.15) is 0 Å². The fourth-order valence-electron chi connectivity index (χ4n) is 1.67. The summed E-state index contributed by atoms with van der Waals surface area (Å²) in [4.78, 5) is 0. The molecule has 0 heterocycles. The van der Waals surface area contributed by atoms with Gasteiger partial charge in [0, 0.05) is 6.04 Å². The molecule has 15 heavy (non-hydrogen) atoms. The van der Waals surface area contributed by atoms with E-state index in [1.54, 1.807) is 6.07 Å². The van der Waals surface area contributed by atoms with Gasteiger partial charge in [0.25, 0.3) is 0 Å². The molecule has 0 saturated heterocycles. The van der Waals surface area contributed by atoms with Gasteiger partial charge in [-0.25, -0.2) is 8.78 Å². The molecule has 0 aliphatic heterocycles. The quantitative estimate of drug-likeness (QED) is 0.840. The van der Waals surface area contributed by atoms with Crippen molar-refractivity contribution in [3.8, 4) is 0 Å². The van der Waals surface area contributed by atoms with Crippen LogP contribution >= 0.6 is 15.9 Å². The molecular formula is C11H12BrF2N. The Bertz CT molecular complexity index is 377. The summed E-state index contributed by atoms with van der Waals surface area (Å²) >= 11 is 3.05. The maximum atomic E-state index is 13.2. The van der Waals surface area contributed by atoms with Gasteiger partial charge in [-0.15, -0.1) is 0 Å². The molecule has 1 atom stereocenters. The first-order chi connectivity index (χ1) is 7.09. The Morgan fingerprint density at radius 1 is 1.40 bits per heavy atom. The highest BCUT2D eigenvalue weighted by Gasteiger charge is 2.26. The number of benzene rings is 1. The molecule has 1 aliphatic carbocycles. The fourth-order valence-corrected chi connectivity index (χ4v) is 2.28. The average molecular weight is 276 g/mol. The van der Waals surface area contributed by atoms with Gasteiger partial charge in [-0.05, 0) is 39.9 Å². The maximum Gasteiger partial charge on any atom is 0.173 e. The van der Waals surface area contributed by atoms with Crippen molar-refractivity contribution in [1.29, 1.82) is 0 Å². The second-order valence-corrected chi connectivity index (χ2v) is 4.84. The molecule has 82 valence electrons. The molecule has 1 nitrogen and oxygen atoms in total. The highest BCUT2D eigenvalue weighted by Crippen LogP contribution is 2.38. The third kappa shape index (κ3) is 2.37. The zero-order valence-electron chi connectivity index (χ0n) is 8.14. The minimum absolute atomic E-state index is 0.163. The van der Waals surface area contributed by atoms with E-state index < -0.39 is 11.6 Å². The molecular weight excluding hydrogens is 264 g/mol. The summed E-state index contributed by atoms with van der Waals surface area (Å²) in [5, 5.41) is 0. The van der Waals surface area contributed by atoms with Crippen LogP contribution in [0.2, 0.25) is 0 Å². The lowest BCUT2D eigenvalue weighted by atomic mass is 10.0. The van der Waals surface area contributed by atoms with Crippen LogP contribution in [-0.4, -0.2) is 0 Å². The second-order valence-electron chi connectivity index (χ2n) is 4.05. The van der Waals surface area contributed by atoms with Gasteiger partial charge in [0.05, 0.1) is 4.47 Å². The molecule has 1 unspecified atom stereocenters. The summed E-state index contributed by atoms with van der Waals surface area (Å²) in [5.41, 5.74) is 6.59. The summed E-state index contributed by atoms with van der Waals surface area (Å²) in [5.74, 6) is -1.02. The molecule has 0 bridgehead atoms. The molecule has 1 aliphatic rings. The Morgan fingerprint density at radius 2 is 2.07 bits per heavy atom. The van der Waals surface area contributed by atoms with Crippen LogP contribution in [-0.2, 0) is 0 Å². The van der Waals surface area contributed by atoms with E-state index in [0.717, 1.165) is 12.5 Å². The first-order valence-electron chi connectivity index (χ1n) is 4.98. The van der Waals surface area contributed by atoms with Crippen molar-refractivity contribution < 1.29 is 8.78 Å². The Kier molecular flexibility index (Phi) is 3.07. The Labute approximate surface area is 95.8 Å². The molecule has 0 amide bonds. The van der Waals surface area contributed by atoms with Crippen LogP contribution in [0.15, 0.2) is 16.6 Å². The van der Waals surface area contributed by atoms with Crippen molar-refractivity contribution in [2.75, 3.05) is 0 Å². The third-order valence-electron chi connectivity index (χ3n) is 2.75. The molecule has 2 rings (SSSR count). The lowest BCUT2D eigenvalue weighted by Gasteiger charge is -2.13.